The molecule has 4 heteroatoms. The number of hydrogen-bond donors (Lipinski definition) is 3. The SMILES string of the molecule is C=C(C)C(=O)NC(CN)CCN. The summed E-state index contributed by atoms with van der Waals surface area (Å²) in [6.07, 6.45) is 0.704. The first-order chi connectivity index (χ1) is 5.61. The van der Waals surface area contributed by atoms with Crippen LogP contribution in [0.3, 0.4) is 0 Å². The Kier molecular flexibility index (Phi) is 5.32. The Morgan fingerprint density at radius 1 is 1.58 bits per heavy atom. The summed E-state index contributed by atoms with van der Waals surface area (Å²) in [4.78, 5) is 11.1. The van der Waals surface area contributed by atoms with Crippen molar-refractivity contribution in [1.29, 1.82) is 0 Å². The topological polar surface area (TPSA) is 81.1 Å². The van der Waals surface area contributed by atoms with Gasteiger partial charge in [-0.3, -0.25) is 4.79 Å². The summed E-state index contributed by atoms with van der Waals surface area (Å²) in [6.45, 7) is 6.12. The van der Waals surface area contributed by atoms with Crippen LogP contribution in [0.2, 0.25) is 0 Å². The maximum absolute atomic E-state index is 11.1. The molecule has 0 saturated heterocycles. The van der Waals surface area contributed by atoms with Crippen molar-refractivity contribution >= 4 is 5.91 Å². The molecule has 0 fully saturated rings. The zero-order valence-electron chi connectivity index (χ0n) is 7.47. The minimum Gasteiger partial charge on any atom is -0.348 e. The molecule has 0 saturated carbocycles. The zero-order valence-corrected chi connectivity index (χ0v) is 7.47. The van der Waals surface area contributed by atoms with Gasteiger partial charge in [0.05, 0.1) is 0 Å². The number of carbonyl (C=O) groups is 1. The molecule has 0 bridgehead atoms. The monoisotopic (exact) mass is 171 g/mol. The summed E-state index contributed by atoms with van der Waals surface area (Å²) in [5.41, 5.74) is 11.2. The molecule has 0 aliphatic heterocycles. The first kappa shape index (κ1) is 11.1. The predicted octanol–water partition coefficient (Wildman–Crippen LogP) is -0.645. The molecule has 0 aromatic heterocycles. The minimum absolute atomic E-state index is 0.0285. The highest BCUT2D eigenvalue weighted by Crippen LogP contribution is 1.91. The molecule has 12 heavy (non-hydrogen) atoms. The molecule has 0 aliphatic carbocycles. The quantitative estimate of drug-likeness (QED) is 0.481. The van der Waals surface area contributed by atoms with E-state index < -0.39 is 0 Å². The molecule has 0 aromatic rings. The van der Waals surface area contributed by atoms with Crippen LogP contribution in [0.5, 0.6) is 0 Å². The van der Waals surface area contributed by atoms with Crippen LogP contribution in [0, 0.1) is 0 Å². The van der Waals surface area contributed by atoms with E-state index >= 15 is 0 Å². The Bertz CT molecular complexity index is 168. The Morgan fingerprint density at radius 2 is 2.17 bits per heavy atom. The van der Waals surface area contributed by atoms with Gasteiger partial charge >= 0.3 is 0 Å². The van der Waals surface area contributed by atoms with Crippen molar-refractivity contribution in [2.75, 3.05) is 13.1 Å². The average Bonchev–Trinajstić information content (AvgIpc) is 2.03. The van der Waals surface area contributed by atoms with E-state index in [4.69, 9.17) is 11.5 Å². The number of amides is 1. The lowest BCUT2D eigenvalue weighted by Gasteiger charge is -2.15. The molecule has 0 aromatic carbocycles. The molecule has 70 valence electrons. The van der Waals surface area contributed by atoms with E-state index in [9.17, 15) is 4.79 Å². The average molecular weight is 171 g/mol. The van der Waals surface area contributed by atoms with Crippen molar-refractivity contribution in [3.63, 3.8) is 0 Å². The highest BCUT2D eigenvalue weighted by Gasteiger charge is 2.09. The molecule has 0 aliphatic rings. The second kappa shape index (κ2) is 5.74. The Labute approximate surface area is 73.0 Å². The van der Waals surface area contributed by atoms with Gasteiger partial charge in [0.25, 0.3) is 0 Å². The van der Waals surface area contributed by atoms with Gasteiger partial charge in [0.2, 0.25) is 5.91 Å². The first-order valence-corrected chi connectivity index (χ1v) is 3.98. The van der Waals surface area contributed by atoms with Crippen LogP contribution in [0.4, 0.5) is 0 Å². The van der Waals surface area contributed by atoms with Crippen molar-refractivity contribution in [3.8, 4) is 0 Å². The number of carbonyl (C=O) groups excluding carboxylic acids is 1. The maximum atomic E-state index is 11.1. The van der Waals surface area contributed by atoms with Gasteiger partial charge in [0.15, 0.2) is 0 Å². The second-order valence-electron chi connectivity index (χ2n) is 2.76. The number of nitrogens with two attached hydrogens (primary N) is 2. The van der Waals surface area contributed by atoms with Crippen LogP contribution in [-0.4, -0.2) is 25.0 Å². The number of hydrogen-bond acceptors (Lipinski definition) is 3. The summed E-state index contributed by atoms with van der Waals surface area (Å²) in [6, 6.07) is -0.0285. The maximum Gasteiger partial charge on any atom is 0.246 e. The highest BCUT2D eigenvalue weighted by atomic mass is 16.1. The van der Waals surface area contributed by atoms with E-state index in [1.54, 1.807) is 6.92 Å². The molecule has 1 amide bonds. The lowest BCUT2D eigenvalue weighted by molar-refractivity contribution is -0.118. The predicted molar refractivity (Wildman–Crippen MR) is 49.5 cm³/mol. The Hall–Kier alpha value is -0.870. The smallest absolute Gasteiger partial charge is 0.246 e. The summed E-state index contributed by atoms with van der Waals surface area (Å²) in [5, 5.41) is 2.72. The van der Waals surface area contributed by atoms with Crippen LogP contribution >= 0.6 is 0 Å². The number of rotatable bonds is 5. The van der Waals surface area contributed by atoms with Crippen LogP contribution in [0.1, 0.15) is 13.3 Å². The molecular weight excluding hydrogens is 154 g/mol. The van der Waals surface area contributed by atoms with Crippen molar-refractivity contribution in [2.24, 2.45) is 11.5 Å². The van der Waals surface area contributed by atoms with Crippen molar-refractivity contribution in [3.05, 3.63) is 12.2 Å². The largest absolute Gasteiger partial charge is 0.348 e. The summed E-state index contributed by atoms with van der Waals surface area (Å²) < 4.78 is 0. The normalized spacial score (nSPS) is 12.2. The molecule has 1 atom stereocenters. The molecule has 5 N–H and O–H groups in total. The second-order valence-corrected chi connectivity index (χ2v) is 2.76. The van der Waals surface area contributed by atoms with Crippen molar-refractivity contribution < 1.29 is 4.79 Å². The summed E-state index contributed by atoms with van der Waals surface area (Å²) >= 11 is 0. The molecule has 0 heterocycles. The summed E-state index contributed by atoms with van der Waals surface area (Å²) in [7, 11) is 0. The fraction of sp³-hybridized carbons (Fsp3) is 0.625. The Balaban J connectivity index is 3.85. The molecule has 0 spiro atoms. The molecule has 1 unspecified atom stereocenters. The summed E-state index contributed by atoms with van der Waals surface area (Å²) in [5.74, 6) is -0.154. The molecular formula is C8H17N3O. The standard InChI is InChI=1S/C8H17N3O/c1-6(2)8(12)11-7(5-10)3-4-9/h7H,1,3-5,9-10H2,2H3,(H,11,12). The van der Waals surface area contributed by atoms with Gasteiger partial charge in [-0.2, -0.15) is 0 Å². The van der Waals surface area contributed by atoms with Gasteiger partial charge in [0.1, 0.15) is 0 Å². The minimum atomic E-state index is -0.154. The Morgan fingerprint density at radius 3 is 2.50 bits per heavy atom. The third-order valence-corrected chi connectivity index (χ3v) is 1.52. The van der Waals surface area contributed by atoms with Gasteiger partial charge in [-0.1, -0.05) is 6.58 Å². The third-order valence-electron chi connectivity index (χ3n) is 1.52. The van der Waals surface area contributed by atoms with E-state index in [2.05, 4.69) is 11.9 Å². The van der Waals surface area contributed by atoms with Crippen LogP contribution < -0.4 is 16.8 Å². The van der Waals surface area contributed by atoms with Gasteiger partial charge in [-0.05, 0) is 19.9 Å². The van der Waals surface area contributed by atoms with Crippen LogP contribution in [-0.2, 0) is 4.79 Å². The van der Waals surface area contributed by atoms with E-state index in [1.165, 1.54) is 0 Å². The van der Waals surface area contributed by atoms with E-state index in [0.717, 1.165) is 0 Å². The van der Waals surface area contributed by atoms with Crippen molar-refractivity contribution in [2.45, 2.75) is 19.4 Å². The zero-order chi connectivity index (χ0) is 9.56. The van der Waals surface area contributed by atoms with E-state index in [1.807, 2.05) is 0 Å². The molecule has 0 radical (unpaired) electrons. The fourth-order valence-electron chi connectivity index (χ4n) is 0.759. The first-order valence-electron chi connectivity index (χ1n) is 3.98. The van der Waals surface area contributed by atoms with Gasteiger partial charge in [-0.15, -0.1) is 0 Å². The van der Waals surface area contributed by atoms with Gasteiger partial charge < -0.3 is 16.8 Å². The van der Waals surface area contributed by atoms with Crippen LogP contribution in [0.25, 0.3) is 0 Å². The molecule has 0 rings (SSSR count). The number of nitrogens with one attached hydrogen (secondary N) is 1. The van der Waals surface area contributed by atoms with Gasteiger partial charge in [-0.25, -0.2) is 0 Å². The lowest BCUT2D eigenvalue weighted by Crippen LogP contribution is -2.41. The van der Waals surface area contributed by atoms with Crippen LogP contribution in [0.15, 0.2) is 12.2 Å². The van der Waals surface area contributed by atoms with Gasteiger partial charge in [0, 0.05) is 18.2 Å². The highest BCUT2D eigenvalue weighted by molar-refractivity contribution is 5.92. The van der Waals surface area contributed by atoms with E-state index in [-0.39, 0.29) is 11.9 Å². The fourth-order valence-corrected chi connectivity index (χ4v) is 0.759. The lowest BCUT2D eigenvalue weighted by atomic mass is 10.2. The van der Waals surface area contributed by atoms with Crippen molar-refractivity contribution in [1.82, 2.24) is 5.32 Å². The van der Waals surface area contributed by atoms with E-state index in [0.29, 0.717) is 25.1 Å². The molecule has 4 nitrogen and oxygen atoms in total. The third kappa shape index (κ3) is 4.10.